The van der Waals surface area contributed by atoms with Crippen LogP contribution in [0.15, 0.2) is 158 Å². The maximum absolute atomic E-state index is 9.70. The minimum atomic E-state index is 0.363. The Labute approximate surface area is 321 Å². The van der Waals surface area contributed by atoms with Crippen LogP contribution in [0.1, 0.15) is 5.56 Å². The van der Waals surface area contributed by atoms with Crippen LogP contribution in [0.3, 0.4) is 0 Å². The van der Waals surface area contributed by atoms with Crippen LogP contribution in [-0.4, -0.2) is 24.1 Å². The molecule has 0 saturated heterocycles. The fourth-order valence-corrected chi connectivity index (χ4v) is 7.74. The largest absolute Gasteiger partial charge is 0.319 e. The van der Waals surface area contributed by atoms with Gasteiger partial charge in [-0.25, -0.2) is 24.6 Å². The fourth-order valence-electron chi connectivity index (χ4n) is 7.74. The number of rotatable bonds is 5. The normalized spacial score (nSPS) is 11.2. The Bertz CT molecular complexity index is 3070. The molecule has 0 saturated carbocycles. The molecule has 10 rings (SSSR count). The zero-order valence-electron chi connectivity index (χ0n) is 29.6. The molecule has 3 heterocycles. The predicted molar refractivity (Wildman–Crippen MR) is 222 cm³/mol. The second-order valence-corrected chi connectivity index (χ2v) is 13.4. The van der Waals surface area contributed by atoms with Crippen molar-refractivity contribution in [3.63, 3.8) is 0 Å². The summed E-state index contributed by atoms with van der Waals surface area (Å²) < 4.78 is 4.26. The Morgan fingerprint density at radius 2 is 0.804 bits per heavy atom. The number of fused-ring (bicyclic) bond motifs is 6. The van der Waals surface area contributed by atoms with Gasteiger partial charge in [-0.2, -0.15) is 5.26 Å². The smallest absolute Gasteiger partial charge is 0.211 e. The summed E-state index contributed by atoms with van der Waals surface area (Å²) in [7, 11) is 0. The minimum Gasteiger partial charge on any atom is -0.319 e. The summed E-state index contributed by atoms with van der Waals surface area (Å²) >= 11 is 0. The second kappa shape index (κ2) is 12.9. The SMILES string of the molecule is [C-]#[N+]c1cc(-c2nc(-c3cccc(C#N)c3)nc(-c3ccc(-n4c5ccccc5c5ccccc54)c([N+]#[C-])c3)n2)ccc1-n1c2ccccc2c2ccccc21. The van der Waals surface area contributed by atoms with Crippen LogP contribution in [0.2, 0.25) is 0 Å². The van der Waals surface area contributed by atoms with Crippen LogP contribution >= 0.6 is 0 Å². The molecule has 0 aliphatic heterocycles. The van der Waals surface area contributed by atoms with Gasteiger partial charge in [-0.3, -0.25) is 0 Å². The molecule has 8 nitrogen and oxygen atoms in total. The molecule has 258 valence electrons. The molecule has 0 amide bonds. The maximum atomic E-state index is 9.70. The molecule has 0 bridgehead atoms. The Morgan fingerprint density at radius 3 is 1.18 bits per heavy atom. The fraction of sp³-hybridized carbons (Fsp3) is 0. The van der Waals surface area contributed by atoms with E-state index in [1.807, 2.05) is 91.0 Å². The first kappa shape index (κ1) is 32.3. The number of aromatic nitrogens is 5. The third-order valence-electron chi connectivity index (χ3n) is 10.2. The standard InChI is InChI=1S/C48H26N8/c1-50-38-27-32(22-24-44(38)55-40-18-7-3-14-34(40)35-15-4-8-19-41(35)55)47-52-46(31-13-11-12-30(26-31)29-49)53-48(54-47)33-23-25-45(39(28-33)51-2)56-42-20-9-5-16-36(42)37-17-6-10-21-43(37)56/h3-28H. The molecule has 10 aromatic rings. The van der Waals surface area contributed by atoms with E-state index >= 15 is 0 Å². The van der Waals surface area contributed by atoms with Gasteiger partial charge in [0.05, 0.1) is 58.2 Å². The lowest BCUT2D eigenvalue weighted by molar-refractivity contribution is 1.07. The van der Waals surface area contributed by atoms with Crippen LogP contribution < -0.4 is 0 Å². The first-order valence-electron chi connectivity index (χ1n) is 17.9. The van der Waals surface area contributed by atoms with Gasteiger partial charge in [0, 0.05) is 38.2 Å². The topological polar surface area (TPSA) is 81.0 Å². The molecular weight excluding hydrogens is 689 g/mol. The highest BCUT2D eigenvalue weighted by atomic mass is 15.0. The van der Waals surface area contributed by atoms with Crippen molar-refractivity contribution in [3.8, 4) is 51.6 Å². The summed E-state index contributed by atoms with van der Waals surface area (Å²) in [4.78, 5) is 22.8. The third kappa shape index (κ3) is 5.09. The van der Waals surface area contributed by atoms with E-state index in [0.29, 0.717) is 51.1 Å². The molecule has 0 N–H and O–H groups in total. The van der Waals surface area contributed by atoms with Gasteiger partial charge in [-0.15, -0.1) is 0 Å². The summed E-state index contributed by atoms with van der Waals surface area (Å²) in [6, 6.07) is 53.5. The number of nitrogens with zero attached hydrogens (tertiary/aromatic N) is 8. The zero-order valence-corrected chi connectivity index (χ0v) is 29.6. The van der Waals surface area contributed by atoms with Crippen LogP contribution in [0.5, 0.6) is 0 Å². The van der Waals surface area contributed by atoms with E-state index in [-0.39, 0.29) is 0 Å². The molecule has 0 aliphatic rings. The van der Waals surface area contributed by atoms with E-state index in [1.54, 1.807) is 18.2 Å². The summed E-state index contributed by atoms with van der Waals surface area (Å²) in [5.74, 6) is 1.09. The van der Waals surface area contributed by atoms with Crippen molar-refractivity contribution >= 4 is 55.0 Å². The van der Waals surface area contributed by atoms with Crippen molar-refractivity contribution in [2.75, 3.05) is 0 Å². The molecule has 3 aromatic heterocycles. The Hall–Kier alpha value is -8.38. The van der Waals surface area contributed by atoms with Crippen molar-refractivity contribution in [3.05, 3.63) is 186 Å². The van der Waals surface area contributed by atoms with Crippen molar-refractivity contribution in [1.29, 1.82) is 5.26 Å². The highest BCUT2D eigenvalue weighted by Crippen LogP contribution is 2.39. The Balaban J connectivity index is 1.15. The van der Waals surface area contributed by atoms with Gasteiger partial charge in [0.2, 0.25) is 11.4 Å². The van der Waals surface area contributed by atoms with E-state index in [0.717, 1.165) is 55.0 Å². The molecular formula is C48H26N8. The zero-order chi connectivity index (χ0) is 37.8. The van der Waals surface area contributed by atoms with Gasteiger partial charge in [-0.1, -0.05) is 97.1 Å². The highest BCUT2D eigenvalue weighted by Gasteiger charge is 2.20. The van der Waals surface area contributed by atoms with Gasteiger partial charge < -0.3 is 9.13 Å². The third-order valence-corrected chi connectivity index (χ3v) is 10.2. The van der Waals surface area contributed by atoms with Gasteiger partial charge in [0.25, 0.3) is 0 Å². The van der Waals surface area contributed by atoms with E-state index in [1.165, 1.54) is 0 Å². The van der Waals surface area contributed by atoms with Gasteiger partial charge in [-0.05, 0) is 60.7 Å². The van der Waals surface area contributed by atoms with Crippen molar-refractivity contribution < 1.29 is 0 Å². The molecule has 8 heteroatoms. The minimum absolute atomic E-state index is 0.363. The average Bonchev–Trinajstić information content (AvgIpc) is 3.78. The van der Waals surface area contributed by atoms with E-state index in [2.05, 4.69) is 73.4 Å². The number of hydrogen-bond donors (Lipinski definition) is 0. The monoisotopic (exact) mass is 714 g/mol. The summed E-state index contributed by atoms with van der Waals surface area (Å²) in [5.41, 5.74) is 8.80. The lowest BCUT2D eigenvalue weighted by Gasteiger charge is -2.14. The first-order valence-corrected chi connectivity index (χ1v) is 17.9. The van der Waals surface area contributed by atoms with Gasteiger partial charge in [0.15, 0.2) is 17.5 Å². The van der Waals surface area contributed by atoms with E-state index in [9.17, 15) is 5.26 Å². The quantitative estimate of drug-likeness (QED) is 0.166. The lowest BCUT2D eigenvalue weighted by Crippen LogP contribution is -2.01. The molecule has 0 spiro atoms. The predicted octanol–water partition coefficient (Wildman–Crippen LogP) is 12.0. The average molecular weight is 715 g/mol. The number of nitriles is 1. The second-order valence-electron chi connectivity index (χ2n) is 13.4. The maximum Gasteiger partial charge on any atom is 0.211 e. The van der Waals surface area contributed by atoms with Crippen LogP contribution in [0.25, 0.3) is 98.8 Å². The summed E-state index contributed by atoms with van der Waals surface area (Å²) in [6.45, 7) is 16.6. The van der Waals surface area contributed by atoms with E-state index < -0.39 is 0 Å². The number of hydrogen-bond acceptors (Lipinski definition) is 4. The van der Waals surface area contributed by atoms with Gasteiger partial charge >= 0.3 is 0 Å². The van der Waals surface area contributed by atoms with Crippen LogP contribution in [-0.2, 0) is 0 Å². The molecule has 56 heavy (non-hydrogen) atoms. The molecule has 0 aliphatic carbocycles. The van der Waals surface area contributed by atoms with Gasteiger partial charge in [0.1, 0.15) is 0 Å². The number of para-hydroxylation sites is 4. The van der Waals surface area contributed by atoms with E-state index in [4.69, 9.17) is 28.1 Å². The Kier molecular flexibility index (Phi) is 7.46. The first-order chi connectivity index (χ1) is 27.6. The molecule has 0 radical (unpaired) electrons. The van der Waals surface area contributed by atoms with Crippen molar-refractivity contribution in [2.24, 2.45) is 0 Å². The molecule has 0 atom stereocenters. The molecule has 7 aromatic carbocycles. The van der Waals surface area contributed by atoms with Crippen LogP contribution in [0.4, 0.5) is 11.4 Å². The lowest BCUT2D eigenvalue weighted by atomic mass is 10.1. The molecule has 0 fully saturated rings. The van der Waals surface area contributed by atoms with Crippen LogP contribution in [0, 0.1) is 24.5 Å². The summed E-state index contributed by atoms with van der Waals surface area (Å²) in [5, 5.41) is 14.1. The van der Waals surface area contributed by atoms with Crippen molar-refractivity contribution in [2.45, 2.75) is 0 Å². The van der Waals surface area contributed by atoms with Crippen molar-refractivity contribution in [1.82, 2.24) is 24.1 Å². The Morgan fingerprint density at radius 1 is 0.429 bits per heavy atom. The highest BCUT2D eigenvalue weighted by molar-refractivity contribution is 6.10. The molecule has 0 unspecified atom stereocenters. The number of benzene rings is 7. The summed E-state index contributed by atoms with van der Waals surface area (Å²) in [6.07, 6.45) is 0.